The molecule has 0 amide bonds. The van der Waals surface area contributed by atoms with Crippen LogP contribution in [0.1, 0.15) is 226 Å². The lowest BCUT2D eigenvalue weighted by Gasteiger charge is -2.18. The second-order valence-electron chi connectivity index (χ2n) is 16.3. The van der Waals surface area contributed by atoms with E-state index in [1.165, 1.54) is 89.9 Å². The van der Waals surface area contributed by atoms with E-state index in [0.717, 1.165) is 103 Å². The molecule has 5 nitrogen and oxygen atoms in total. The summed E-state index contributed by atoms with van der Waals surface area (Å²) in [5.41, 5.74) is 0. The van der Waals surface area contributed by atoms with Crippen LogP contribution in [0.4, 0.5) is 0 Å². The molecular formula is C55H94O5. The summed E-state index contributed by atoms with van der Waals surface area (Å²) in [6.07, 6.45) is 65.9. The van der Waals surface area contributed by atoms with Crippen molar-refractivity contribution in [2.24, 2.45) is 0 Å². The van der Waals surface area contributed by atoms with Crippen molar-refractivity contribution in [2.45, 2.75) is 232 Å². The first-order valence-corrected chi connectivity index (χ1v) is 25.1. The van der Waals surface area contributed by atoms with Gasteiger partial charge in [-0.3, -0.25) is 9.59 Å². The normalized spacial score (nSPS) is 12.9. The third kappa shape index (κ3) is 47.8. The van der Waals surface area contributed by atoms with Gasteiger partial charge in [-0.1, -0.05) is 196 Å². The molecule has 0 radical (unpaired) electrons. The zero-order valence-corrected chi connectivity index (χ0v) is 39.5. The van der Waals surface area contributed by atoms with E-state index in [9.17, 15) is 9.59 Å². The van der Waals surface area contributed by atoms with Crippen molar-refractivity contribution in [3.63, 3.8) is 0 Å². The van der Waals surface area contributed by atoms with Crippen LogP contribution in [-0.4, -0.2) is 37.9 Å². The highest BCUT2D eigenvalue weighted by Crippen LogP contribution is 2.13. The Labute approximate surface area is 371 Å². The van der Waals surface area contributed by atoms with E-state index in [0.29, 0.717) is 19.4 Å². The lowest BCUT2D eigenvalue weighted by atomic mass is 10.1. The van der Waals surface area contributed by atoms with Gasteiger partial charge in [-0.05, 0) is 103 Å². The Bertz CT molecular complexity index is 1130. The Hall–Kier alpha value is -2.92. The highest BCUT2D eigenvalue weighted by Gasteiger charge is 2.17. The van der Waals surface area contributed by atoms with Crippen LogP contribution in [0.25, 0.3) is 0 Å². The zero-order valence-electron chi connectivity index (χ0n) is 39.5. The Morgan fingerprint density at radius 3 is 1.22 bits per heavy atom. The van der Waals surface area contributed by atoms with Gasteiger partial charge in [0.2, 0.25) is 0 Å². The number of allylic oxidation sites excluding steroid dienone is 14. The maximum Gasteiger partial charge on any atom is 0.306 e. The van der Waals surface area contributed by atoms with E-state index in [2.05, 4.69) is 106 Å². The average Bonchev–Trinajstić information content (AvgIpc) is 3.25. The standard InChI is InChI=1S/C55H94O5/c1-4-7-10-13-16-19-22-24-26-27-28-30-32-35-38-41-44-47-50-58-51-53(60-55(57)49-46-43-40-37-33-21-18-15-12-9-6-3)52-59-54(56)48-45-42-39-36-34-31-29-25-23-20-17-14-11-8-5-2/h7-8,10-11,15-20,24-26,29,53H,4-6,9,12-14,21-23,27-28,30-52H2,1-3H3/b10-7-,11-8-,18-15-,19-16-,20-17-,26-24-,29-25-. The first-order valence-electron chi connectivity index (χ1n) is 25.1. The van der Waals surface area contributed by atoms with Gasteiger partial charge < -0.3 is 14.2 Å². The van der Waals surface area contributed by atoms with Gasteiger partial charge in [-0.2, -0.15) is 0 Å². The molecule has 0 aliphatic rings. The second kappa shape index (κ2) is 50.4. The van der Waals surface area contributed by atoms with Gasteiger partial charge in [0.05, 0.1) is 6.61 Å². The highest BCUT2D eigenvalue weighted by molar-refractivity contribution is 5.70. The number of carbonyl (C=O) groups is 2. The first kappa shape index (κ1) is 57.1. The number of hydrogen-bond donors (Lipinski definition) is 0. The minimum absolute atomic E-state index is 0.0666. The zero-order chi connectivity index (χ0) is 43.5. The Balaban J connectivity index is 4.28. The van der Waals surface area contributed by atoms with Gasteiger partial charge in [0.25, 0.3) is 0 Å². The summed E-state index contributed by atoms with van der Waals surface area (Å²) in [6, 6.07) is 0. The monoisotopic (exact) mass is 835 g/mol. The molecule has 0 aromatic heterocycles. The van der Waals surface area contributed by atoms with Crippen LogP contribution >= 0.6 is 0 Å². The van der Waals surface area contributed by atoms with E-state index in [4.69, 9.17) is 14.2 Å². The largest absolute Gasteiger partial charge is 0.462 e. The Morgan fingerprint density at radius 1 is 0.383 bits per heavy atom. The predicted octanol–water partition coefficient (Wildman–Crippen LogP) is 16.9. The number of rotatable bonds is 45. The second-order valence-corrected chi connectivity index (χ2v) is 16.3. The number of esters is 2. The molecule has 0 fully saturated rings. The van der Waals surface area contributed by atoms with Crippen LogP contribution in [0, 0.1) is 0 Å². The Morgan fingerprint density at radius 2 is 0.750 bits per heavy atom. The topological polar surface area (TPSA) is 61.8 Å². The number of hydrogen-bond acceptors (Lipinski definition) is 5. The quantitative estimate of drug-likeness (QED) is 0.0347. The van der Waals surface area contributed by atoms with Gasteiger partial charge >= 0.3 is 11.9 Å². The number of ether oxygens (including phenoxy) is 3. The van der Waals surface area contributed by atoms with Crippen molar-refractivity contribution in [1.82, 2.24) is 0 Å². The Kier molecular flexibility index (Phi) is 48.0. The summed E-state index contributed by atoms with van der Waals surface area (Å²) in [5, 5.41) is 0. The van der Waals surface area contributed by atoms with Gasteiger partial charge in [0, 0.05) is 19.4 Å². The molecule has 0 aromatic rings. The van der Waals surface area contributed by atoms with E-state index in [1.54, 1.807) is 0 Å². The number of unbranched alkanes of at least 4 members (excludes halogenated alkanes) is 20. The molecule has 5 heteroatoms. The summed E-state index contributed by atoms with van der Waals surface area (Å²) >= 11 is 0. The first-order chi connectivity index (χ1) is 29.6. The van der Waals surface area contributed by atoms with Gasteiger partial charge in [-0.15, -0.1) is 0 Å². The smallest absolute Gasteiger partial charge is 0.306 e. The summed E-state index contributed by atoms with van der Waals surface area (Å²) in [5.74, 6) is -0.434. The predicted molar refractivity (Wildman–Crippen MR) is 260 cm³/mol. The van der Waals surface area contributed by atoms with Crippen molar-refractivity contribution in [1.29, 1.82) is 0 Å². The van der Waals surface area contributed by atoms with Gasteiger partial charge in [0.1, 0.15) is 6.61 Å². The maximum absolute atomic E-state index is 12.8. The molecule has 1 atom stereocenters. The SMILES string of the molecule is CC/C=C\C/C=C\C/C=C\CCCCCCCCCCOCC(COC(=O)CCCCCCC/C=C\C/C=C\C/C=C\CC)OC(=O)CCCCCCC/C=C\CCCC. The van der Waals surface area contributed by atoms with E-state index in [-0.39, 0.29) is 25.2 Å². The lowest BCUT2D eigenvalue weighted by molar-refractivity contribution is -0.163. The summed E-state index contributed by atoms with van der Waals surface area (Å²) in [4.78, 5) is 25.3. The molecule has 0 saturated heterocycles. The molecule has 344 valence electrons. The van der Waals surface area contributed by atoms with Crippen molar-refractivity contribution in [2.75, 3.05) is 19.8 Å². The van der Waals surface area contributed by atoms with Crippen LogP contribution in [0.2, 0.25) is 0 Å². The van der Waals surface area contributed by atoms with E-state index < -0.39 is 6.10 Å². The molecule has 1 unspecified atom stereocenters. The van der Waals surface area contributed by atoms with E-state index in [1.807, 2.05) is 0 Å². The van der Waals surface area contributed by atoms with Crippen LogP contribution < -0.4 is 0 Å². The third-order valence-electron chi connectivity index (χ3n) is 10.4. The van der Waals surface area contributed by atoms with Crippen LogP contribution in [0.15, 0.2) is 85.1 Å². The molecule has 60 heavy (non-hydrogen) atoms. The summed E-state index contributed by atoms with van der Waals surface area (Å²) in [7, 11) is 0. The molecule has 0 spiro atoms. The minimum atomic E-state index is -0.554. The van der Waals surface area contributed by atoms with Crippen LogP contribution in [0.3, 0.4) is 0 Å². The summed E-state index contributed by atoms with van der Waals surface area (Å²) < 4.78 is 17.4. The summed E-state index contributed by atoms with van der Waals surface area (Å²) in [6.45, 7) is 7.53. The molecule has 0 N–H and O–H groups in total. The molecule has 0 aliphatic heterocycles. The molecule has 0 saturated carbocycles. The van der Waals surface area contributed by atoms with Crippen molar-refractivity contribution < 1.29 is 23.8 Å². The minimum Gasteiger partial charge on any atom is -0.462 e. The molecular weight excluding hydrogens is 741 g/mol. The molecule has 0 aromatic carbocycles. The van der Waals surface area contributed by atoms with Gasteiger partial charge in [-0.25, -0.2) is 0 Å². The molecule has 0 bridgehead atoms. The van der Waals surface area contributed by atoms with Crippen molar-refractivity contribution >= 4 is 11.9 Å². The highest BCUT2D eigenvalue weighted by atomic mass is 16.6. The van der Waals surface area contributed by atoms with Crippen LogP contribution in [-0.2, 0) is 23.8 Å². The van der Waals surface area contributed by atoms with E-state index >= 15 is 0 Å². The number of carbonyl (C=O) groups excluding carboxylic acids is 2. The average molecular weight is 835 g/mol. The maximum atomic E-state index is 12.8. The molecule has 0 heterocycles. The lowest BCUT2D eigenvalue weighted by Crippen LogP contribution is -2.30. The van der Waals surface area contributed by atoms with Crippen molar-refractivity contribution in [3.05, 3.63) is 85.1 Å². The third-order valence-corrected chi connectivity index (χ3v) is 10.4. The fourth-order valence-corrected chi connectivity index (χ4v) is 6.70. The van der Waals surface area contributed by atoms with Gasteiger partial charge in [0.15, 0.2) is 6.10 Å². The molecule has 0 aliphatic carbocycles. The van der Waals surface area contributed by atoms with Crippen molar-refractivity contribution in [3.8, 4) is 0 Å². The molecule has 0 rings (SSSR count). The fraction of sp³-hybridized carbons (Fsp3) is 0.709. The van der Waals surface area contributed by atoms with Crippen LogP contribution in [0.5, 0.6) is 0 Å². The fourth-order valence-electron chi connectivity index (χ4n) is 6.70.